The van der Waals surface area contributed by atoms with E-state index in [1.807, 2.05) is 6.92 Å². The van der Waals surface area contributed by atoms with Gasteiger partial charge in [-0.15, -0.1) is 0 Å². The monoisotopic (exact) mass is 436 g/mol. The van der Waals surface area contributed by atoms with Gasteiger partial charge >= 0.3 is 0 Å². The molecule has 0 aliphatic carbocycles. The van der Waals surface area contributed by atoms with Gasteiger partial charge in [0.05, 0.1) is 12.8 Å². The zero-order valence-electron chi connectivity index (χ0n) is 18.0. The highest BCUT2D eigenvalue weighted by Gasteiger charge is 2.17. The van der Waals surface area contributed by atoms with Crippen molar-refractivity contribution in [3.8, 4) is 17.0 Å². The number of anilines is 2. The van der Waals surface area contributed by atoms with E-state index >= 15 is 0 Å². The van der Waals surface area contributed by atoms with Crippen molar-refractivity contribution in [2.45, 2.75) is 25.8 Å². The lowest BCUT2D eigenvalue weighted by molar-refractivity contribution is 0.0696. The maximum absolute atomic E-state index is 13.8. The molecule has 8 heteroatoms. The average molecular weight is 436 g/mol. The van der Waals surface area contributed by atoms with E-state index in [2.05, 4.69) is 20.6 Å². The van der Waals surface area contributed by atoms with Crippen LogP contribution in [-0.2, 0) is 4.74 Å². The zero-order valence-corrected chi connectivity index (χ0v) is 18.0. The number of aryl methyl sites for hydroxylation is 1. The normalized spacial score (nSPS) is 14.1. The van der Waals surface area contributed by atoms with E-state index < -0.39 is 0 Å². The molecule has 166 valence electrons. The third-order valence-electron chi connectivity index (χ3n) is 5.35. The minimum atomic E-state index is -0.372. The molecule has 1 amide bonds. The van der Waals surface area contributed by atoms with Crippen LogP contribution in [0, 0.1) is 12.7 Å². The van der Waals surface area contributed by atoms with E-state index in [1.54, 1.807) is 36.5 Å². The summed E-state index contributed by atoms with van der Waals surface area (Å²) in [5, 5.41) is 6.18. The van der Waals surface area contributed by atoms with Crippen molar-refractivity contribution < 1.29 is 18.7 Å². The minimum Gasteiger partial charge on any atom is -0.496 e. The minimum absolute atomic E-state index is 0.101. The van der Waals surface area contributed by atoms with Gasteiger partial charge in [-0.25, -0.2) is 14.4 Å². The molecule has 32 heavy (non-hydrogen) atoms. The largest absolute Gasteiger partial charge is 0.496 e. The van der Waals surface area contributed by atoms with Crippen LogP contribution < -0.4 is 15.4 Å². The number of hydrogen-bond donors (Lipinski definition) is 2. The van der Waals surface area contributed by atoms with Crippen LogP contribution in [0.2, 0.25) is 0 Å². The first-order chi connectivity index (χ1) is 15.5. The zero-order chi connectivity index (χ0) is 22.5. The molecule has 0 atom stereocenters. The van der Waals surface area contributed by atoms with Crippen LogP contribution in [0.15, 0.2) is 48.7 Å². The molecular formula is C24H25FN4O3. The number of halogens is 1. The molecule has 1 saturated heterocycles. The summed E-state index contributed by atoms with van der Waals surface area (Å²) in [6, 6.07) is 11.6. The summed E-state index contributed by atoms with van der Waals surface area (Å²) in [5.41, 5.74) is 3.23. The Kier molecular flexibility index (Phi) is 6.61. The fourth-order valence-corrected chi connectivity index (χ4v) is 3.58. The van der Waals surface area contributed by atoms with Crippen LogP contribution in [0.4, 0.5) is 16.0 Å². The number of hydrogen-bond acceptors (Lipinski definition) is 6. The highest BCUT2D eigenvalue weighted by atomic mass is 19.1. The lowest BCUT2D eigenvalue weighted by Crippen LogP contribution is -2.38. The van der Waals surface area contributed by atoms with E-state index in [9.17, 15) is 9.18 Å². The second-order valence-electron chi connectivity index (χ2n) is 7.63. The summed E-state index contributed by atoms with van der Waals surface area (Å²) < 4.78 is 24.5. The average Bonchev–Trinajstić information content (AvgIpc) is 2.81. The van der Waals surface area contributed by atoms with Crippen molar-refractivity contribution in [1.29, 1.82) is 0 Å². The first-order valence-corrected chi connectivity index (χ1v) is 10.5. The highest BCUT2D eigenvalue weighted by molar-refractivity contribution is 5.94. The molecular weight excluding hydrogens is 411 g/mol. The number of aromatic nitrogens is 2. The molecule has 7 nitrogen and oxygen atoms in total. The Morgan fingerprint density at radius 2 is 1.91 bits per heavy atom. The maximum Gasteiger partial charge on any atom is 0.251 e. The number of nitrogens with zero attached hydrogens (tertiary/aromatic N) is 2. The number of rotatable bonds is 6. The third-order valence-corrected chi connectivity index (χ3v) is 5.35. The molecule has 0 bridgehead atoms. The molecule has 1 fully saturated rings. The van der Waals surface area contributed by atoms with Crippen molar-refractivity contribution in [3.63, 3.8) is 0 Å². The van der Waals surface area contributed by atoms with Gasteiger partial charge in [-0.1, -0.05) is 0 Å². The fourth-order valence-electron chi connectivity index (χ4n) is 3.58. The Labute approximate surface area is 186 Å². The Balaban J connectivity index is 1.49. The van der Waals surface area contributed by atoms with Gasteiger partial charge in [-0.05, 0) is 67.8 Å². The standard InChI is InChI=1S/C24H25FN4O3/c1-15-14-26-24(29-22(15)20-13-17(25)5-8-21(20)31-2)28-18-6-3-16(4-7-18)23(30)27-19-9-11-32-12-10-19/h3-8,13-14,19H,9-12H2,1-2H3,(H,27,30)(H,26,28,29). The van der Waals surface area contributed by atoms with E-state index in [4.69, 9.17) is 9.47 Å². The summed E-state index contributed by atoms with van der Waals surface area (Å²) in [6.45, 7) is 3.21. The first-order valence-electron chi connectivity index (χ1n) is 10.5. The van der Waals surface area contributed by atoms with Crippen molar-refractivity contribution in [1.82, 2.24) is 15.3 Å². The van der Waals surface area contributed by atoms with Crippen LogP contribution in [0.1, 0.15) is 28.8 Å². The lowest BCUT2D eigenvalue weighted by Gasteiger charge is -2.23. The van der Waals surface area contributed by atoms with Gasteiger partial charge < -0.3 is 20.1 Å². The van der Waals surface area contributed by atoms with Crippen molar-refractivity contribution in [2.75, 3.05) is 25.6 Å². The highest BCUT2D eigenvalue weighted by Crippen LogP contribution is 2.32. The van der Waals surface area contributed by atoms with Crippen LogP contribution >= 0.6 is 0 Å². The predicted molar refractivity (Wildman–Crippen MR) is 120 cm³/mol. The molecule has 2 N–H and O–H groups in total. The van der Waals surface area contributed by atoms with E-state index in [1.165, 1.54) is 19.2 Å². The number of ether oxygens (including phenoxy) is 2. The van der Waals surface area contributed by atoms with Gasteiger partial charge in [0.2, 0.25) is 5.95 Å². The number of amides is 1. The molecule has 4 rings (SSSR count). The van der Waals surface area contributed by atoms with Gasteiger partial charge in [-0.2, -0.15) is 0 Å². The summed E-state index contributed by atoms with van der Waals surface area (Å²) in [7, 11) is 1.53. The second kappa shape index (κ2) is 9.74. The topological polar surface area (TPSA) is 85.4 Å². The van der Waals surface area contributed by atoms with Gasteiger partial charge in [0.25, 0.3) is 5.91 Å². The molecule has 0 radical (unpaired) electrons. The molecule has 1 aliphatic heterocycles. The fraction of sp³-hybridized carbons (Fsp3) is 0.292. The predicted octanol–water partition coefficient (Wildman–Crippen LogP) is 4.25. The Morgan fingerprint density at radius 3 is 2.62 bits per heavy atom. The van der Waals surface area contributed by atoms with Gasteiger partial charge in [0.1, 0.15) is 11.6 Å². The number of nitrogens with one attached hydrogen (secondary N) is 2. The van der Waals surface area contributed by atoms with Gasteiger partial charge in [0.15, 0.2) is 0 Å². The summed E-state index contributed by atoms with van der Waals surface area (Å²) in [5.74, 6) is 0.411. The summed E-state index contributed by atoms with van der Waals surface area (Å²) in [4.78, 5) is 21.4. The second-order valence-corrected chi connectivity index (χ2v) is 7.63. The molecule has 3 aromatic rings. The number of carbonyl (C=O) groups is 1. The Hall–Kier alpha value is -3.52. The quantitative estimate of drug-likeness (QED) is 0.601. The number of benzene rings is 2. The van der Waals surface area contributed by atoms with Crippen LogP contribution in [-0.4, -0.2) is 42.2 Å². The molecule has 0 spiro atoms. The Morgan fingerprint density at radius 1 is 1.16 bits per heavy atom. The number of methoxy groups -OCH3 is 1. The molecule has 1 aromatic heterocycles. The molecule has 0 unspecified atom stereocenters. The van der Waals surface area contributed by atoms with E-state index in [-0.39, 0.29) is 17.8 Å². The molecule has 2 heterocycles. The Bertz CT molecular complexity index is 1100. The van der Waals surface area contributed by atoms with Crippen molar-refractivity contribution in [3.05, 3.63) is 65.6 Å². The van der Waals surface area contributed by atoms with Crippen LogP contribution in [0.3, 0.4) is 0 Å². The van der Waals surface area contributed by atoms with Gasteiger partial charge in [-0.3, -0.25) is 4.79 Å². The first kappa shape index (κ1) is 21.7. The van der Waals surface area contributed by atoms with Crippen molar-refractivity contribution in [2.24, 2.45) is 0 Å². The lowest BCUT2D eigenvalue weighted by atomic mass is 10.1. The van der Waals surface area contributed by atoms with Gasteiger partial charge in [0, 0.05) is 42.3 Å². The number of carbonyl (C=O) groups excluding carboxylic acids is 1. The molecule has 2 aromatic carbocycles. The SMILES string of the molecule is COc1ccc(F)cc1-c1nc(Nc2ccc(C(=O)NC3CCOCC3)cc2)ncc1C. The smallest absolute Gasteiger partial charge is 0.251 e. The van der Waals surface area contributed by atoms with E-state index in [0.717, 1.165) is 24.1 Å². The summed E-state index contributed by atoms with van der Waals surface area (Å²) in [6.07, 6.45) is 3.33. The maximum atomic E-state index is 13.8. The summed E-state index contributed by atoms with van der Waals surface area (Å²) >= 11 is 0. The third kappa shape index (κ3) is 5.03. The van der Waals surface area contributed by atoms with E-state index in [0.29, 0.717) is 41.7 Å². The molecule has 0 saturated carbocycles. The van der Waals surface area contributed by atoms with Crippen molar-refractivity contribution >= 4 is 17.5 Å². The van der Waals surface area contributed by atoms with Crippen LogP contribution in [0.5, 0.6) is 5.75 Å². The molecule has 1 aliphatic rings. The van der Waals surface area contributed by atoms with Crippen LogP contribution in [0.25, 0.3) is 11.3 Å².